The first-order valence-electron chi connectivity index (χ1n) is 4.87. The van der Waals surface area contributed by atoms with Gasteiger partial charge in [-0.3, -0.25) is 10.2 Å². The molecule has 1 fully saturated rings. The lowest BCUT2D eigenvalue weighted by atomic mass is 9.99. The molecule has 1 aliphatic heterocycles. The van der Waals surface area contributed by atoms with Gasteiger partial charge in [-0.25, -0.2) is 9.80 Å². The number of aliphatic carboxylic acids is 1. The number of hydrogen-bond donors (Lipinski definition) is 2. The number of hydrogen-bond acceptors (Lipinski definition) is 3. The molecule has 0 saturated carbocycles. The lowest BCUT2D eigenvalue weighted by Gasteiger charge is -2.20. The van der Waals surface area contributed by atoms with Crippen molar-refractivity contribution in [2.45, 2.75) is 6.92 Å². The standard InChI is InChI=1S/C9H17N3O3/c1-6-4-12(5-7(6)8(13)14)9(15)10-11(2)3/h6-7H,4-5H2,1-3H3,(H,10,15)(H,13,14). The molecule has 6 nitrogen and oxygen atoms in total. The first kappa shape index (κ1) is 11.8. The fourth-order valence-electron chi connectivity index (χ4n) is 1.72. The number of nitrogens with zero attached hydrogens (tertiary/aromatic N) is 2. The van der Waals surface area contributed by atoms with Crippen molar-refractivity contribution in [3.63, 3.8) is 0 Å². The minimum Gasteiger partial charge on any atom is -0.481 e. The Hall–Kier alpha value is -1.30. The number of likely N-dealkylation sites (tertiary alicyclic amines) is 1. The third-order valence-corrected chi connectivity index (χ3v) is 2.54. The van der Waals surface area contributed by atoms with Gasteiger partial charge in [0.05, 0.1) is 5.92 Å². The molecule has 2 N–H and O–H groups in total. The maximum atomic E-state index is 11.5. The van der Waals surface area contributed by atoms with Crippen molar-refractivity contribution >= 4 is 12.0 Å². The molecule has 1 rings (SSSR count). The van der Waals surface area contributed by atoms with Crippen LogP contribution in [0.25, 0.3) is 0 Å². The van der Waals surface area contributed by atoms with Crippen molar-refractivity contribution in [1.82, 2.24) is 15.3 Å². The van der Waals surface area contributed by atoms with Crippen LogP contribution in [0.2, 0.25) is 0 Å². The highest BCUT2D eigenvalue weighted by atomic mass is 16.4. The Bertz CT molecular complexity index is 267. The molecule has 1 saturated heterocycles. The van der Waals surface area contributed by atoms with E-state index in [4.69, 9.17) is 5.11 Å². The number of carboxylic acid groups (broad SMARTS) is 1. The molecule has 1 aliphatic rings. The highest BCUT2D eigenvalue weighted by molar-refractivity contribution is 5.77. The first-order valence-corrected chi connectivity index (χ1v) is 4.87. The van der Waals surface area contributed by atoms with E-state index < -0.39 is 11.9 Å². The molecule has 0 radical (unpaired) electrons. The molecule has 0 spiro atoms. The molecule has 2 atom stereocenters. The largest absolute Gasteiger partial charge is 0.481 e. The van der Waals surface area contributed by atoms with Gasteiger partial charge in [0, 0.05) is 27.2 Å². The molecule has 6 heteroatoms. The van der Waals surface area contributed by atoms with Gasteiger partial charge in [0.25, 0.3) is 0 Å². The van der Waals surface area contributed by atoms with E-state index in [9.17, 15) is 9.59 Å². The van der Waals surface area contributed by atoms with Crippen molar-refractivity contribution in [2.24, 2.45) is 11.8 Å². The number of rotatable bonds is 2. The lowest BCUT2D eigenvalue weighted by molar-refractivity contribution is -0.142. The first-order chi connectivity index (χ1) is 6.91. The van der Waals surface area contributed by atoms with Gasteiger partial charge >= 0.3 is 12.0 Å². The highest BCUT2D eigenvalue weighted by Gasteiger charge is 2.36. The monoisotopic (exact) mass is 215 g/mol. The molecular formula is C9H17N3O3. The number of hydrazine groups is 1. The molecule has 0 aliphatic carbocycles. The third-order valence-electron chi connectivity index (χ3n) is 2.54. The smallest absolute Gasteiger partial charge is 0.331 e. The SMILES string of the molecule is CC1CN(C(=O)NN(C)C)CC1C(=O)O. The second kappa shape index (κ2) is 4.48. The van der Waals surface area contributed by atoms with E-state index in [-0.39, 0.29) is 18.5 Å². The summed E-state index contributed by atoms with van der Waals surface area (Å²) >= 11 is 0. The van der Waals surface area contributed by atoms with Crippen LogP contribution in [0.3, 0.4) is 0 Å². The zero-order valence-electron chi connectivity index (χ0n) is 9.23. The van der Waals surface area contributed by atoms with Crippen LogP contribution in [-0.4, -0.2) is 54.2 Å². The van der Waals surface area contributed by atoms with Crippen molar-refractivity contribution in [3.8, 4) is 0 Å². The van der Waals surface area contributed by atoms with Crippen LogP contribution in [0, 0.1) is 11.8 Å². The summed E-state index contributed by atoms with van der Waals surface area (Å²) in [5, 5.41) is 10.4. The molecular weight excluding hydrogens is 198 g/mol. The Balaban J connectivity index is 2.54. The molecule has 2 amide bonds. The number of urea groups is 1. The van der Waals surface area contributed by atoms with Gasteiger partial charge in [-0.15, -0.1) is 0 Å². The quantitative estimate of drug-likeness (QED) is 0.627. The van der Waals surface area contributed by atoms with E-state index in [1.165, 1.54) is 4.90 Å². The maximum absolute atomic E-state index is 11.5. The van der Waals surface area contributed by atoms with Crippen LogP contribution < -0.4 is 5.43 Å². The Morgan fingerprint density at radius 3 is 2.40 bits per heavy atom. The number of carbonyl (C=O) groups excluding carboxylic acids is 1. The van der Waals surface area contributed by atoms with Gasteiger partial charge in [0.15, 0.2) is 0 Å². The van der Waals surface area contributed by atoms with Crippen molar-refractivity contribution in [1.29, 1.82) is 0 Å². The van der Waals surface area contributed by atoms with Gasteiger partial charge in [-0.1, -0.05) is 6.92 Å². The average Bonchev–Trinajstić information content (AvgIpc) is 2.46. The summed E-state index contributed by atoms with van der Waals surface area (Å²) in [4.78, 5) is 23.9. The topological polar surface area (TPSA) is 72.9 Å². The highest BCUT2D eigenvalue weighted by Crippen LogP contribution is 2.22. The van der Waals surface area contributed by atoms with Gasteiger partial charge in [0.2, 0.25) is 0 Å². The molecule has 0 aromatic heterocycles. The van der Waals surface area contributed by atoms with Crippen molar-refractivity contribution in [3.05, 3.63) is 0 Å². The molecule has 0 aromatic carbocycles. The minimum absolute atomic E-state index is 0.00964. The molecule has 0 bridgehead atoms. The molecule has 86 valence electrons. The Morgan fingerprint density at radius 1 is 1.40 bits per heavy atom. The number of amides is 2. The van der Waals surface area contributed by atoms with Crippen LogP contribution in [0.1, 0.15) is 6.92 Å². The summed E-state index contributed by atoms with van der Waals surface area (Å²) < 4.78 is 0. The summed E-state index contributed by atoms with van der Waals surface area (Å²) in [7, 11) is 3.43. The molecule has 1 heterocycles. The van der Waals surface area contributed by atoms with Gasteiger partial charge in [-0.2, -0.15) is 0 Å². The zero-order chi connectivity index (χ0) is 11.6. The van der Waals surface area contributed by atoms with Crippen LogP contribution >= 0.6 is 0 Å². The maximum Gasteiger partial charge on any atom is 0.331 e. The number of carbonyl (C=O) groups is 2. The van der Waals surface area contributed by atoms with E-state index >= 15 is 0 Å². The summed E-state index contributed by atoms with van der Waals surface area (Å²) in [5.74, 6) is -1.27. The summed E-state index contributed by atoms with van der Waals surface area (Å²) in [6.45, 7) is 2.63. The van der Waals surface area contributed by atoms with Crippen molar-refractivity contribution < 1.29 is 14.7 Å². The average molecular weight is 215 g/mol. The van der Waals surface area contributed by atoms with Crippen molar-refractivity contribution in [2.75, 3.05) is 27.2 Å². The summed E-state index contributed by atoms with van der Waals surface area (Å²) in [6.07, 6.45) is 0. The van der Waals surface area contributed by atoms with Crippen LogP contribution in [-0.2, 0) is 4.79 Å². The van der Waals surface area contributed by atoms with Crippen LogP contribution in [0.5, 0.6) is 0 Å². The number of nitrogens with one attached hydrogen (secondary N) is 1. The molecule has 0 aromatic rings. The van der Waals surface area contributed by atoms with E-state index in [2.05, 4.69) is 5.43 Å². The zero-order valence-corrected chi connectivity index (χ0v) is 9.23. The van der Waals surface area contributed by atoms with Gasteiger partial charge in [0.1, 0.15) is 0 Å². The number of carboxylic acids is 1. The normalized spacial score (nSPS) is 25.7. The summed E-state index contributed by atoms with van der Waals surface area (Å²) in [6, 6.07) is -0.240. The predicted octanol–water partition coefficient (Wildman–Crippen LogP) is -0.175. The molecule has 2 unspecified atom stereocenters. The van der Waals surface area contributed by atoms with E-state index in [0.717, 1.165) is 0 Å². The van der Waals surface area contributed by atoms with Crippen LogP contribution in [0.4, 0.5) is 4.79 Å². The third kappa shape index (κ3) is 2.82. The second-order valence-corrected chi connectivity index (χ2v) is 4.14. The Kier molecular flexibility index (Phi) is 3.52. The lowest BCUT2D eigenvalue weighted by Crippen LogP contribution is -2.45. The van der Waals surface area contributed by atoms with E-state index in [0.29, 0.717) is 6.54 Å². The second-order valence-electron chi connectivity index (χ2n) is 4.14. The van der Waals surface area contributed by atoms with Gasteiger partial charge in [-0.05, 0) is 5.92 Å². The molecule has 15 heavy (non-hydrogen) atoms. The predicted molar refractivity (Wildman–Crippen MR) is 54.1 cm³/mol. The minimum atomic E-state index is -0.831. The van der Waals surface area contributed by atoms with E-state index in [1.54, 1.807) is 19.1 Å². The Labute approximate surface area is 88.8 Å². The fourth-order valence-corrected chi connectivity index (χ4v) is 1.72. The van der Waals surface area contributed by atoms with Gasteiger partial charge < -0.3 is 10.0 Å². The fraction of sp³-hybridized carbons (Fsp3) is 0.778. The van der Waals surface area contributed by atoms with E-state index in [1.807, 2.05) is 6.92 Å². The Morgan fingerprint density at radius 2 is 2.00 bits per heavy atom. The summed E-state index contributed by atoms with van der Waals surface area (Å²) in [5.41, 5.74) is 2.59. The van der Waals surface area contributed by atoms with Crippen LogP contribution in [0.15, 0.2) is 0 Å².